The summed E-state index contributed by atoms with van der Waals surface area (Å²) >= 11 is 0. The van der Waals surface area contributed by atoms with E-state index in [-0.39, 0.29) is 6.03 Å². The van der Waals surface area contributed by atoms with Gasteiger partial charge in [-0.2, -0.15) is 0 Å². The molecule has 0 spiro atoms. The van der Waals surface area contributed by atoms with Crippen molar-refractivity contribution < 1.29 is 4.79 Å². The van der Waals surface area contributed by atoms with Crippen molar-refractivity contribution in [1.29, 1.82) is 0 Å². The Hall–Kier alpha value is -2.83. The molecule has 2 aromatic rings. The smallest absolute Gasteiger partial charge is 0.317 e. The highest BCUT2D eigenvalue weighted by Crippen LogP contribution is 2.23. The van der Waals surface area contributed by atoms with Gasteiger partial charge in [-0.15, -0.1) is 0 Å². The van der Waals surface area contributed by atoms with Gasteiger partial charge in [-0.1, -0.05) is 18.2 Å². The van der Waals surface area contributed by atoms with E-state index in [1.54, 1.807) is 18.6 Å². The molecule has 1 aromatic heterocycles. The molecule has 4 rings (SSSR count). The van der Waals surface area contributed by atoms with Crippen LogP contribution in [-0.2, 0) is 0 Å². The zero-order valence-corrected chi connectivity index (χ0v) is 15.5. The summed E-state index contributed by atoms with van der Waals surface area (Å²) in [6.45, 7) is 5.81. The molecule has 1 unspecified atom stereocenters. The normalized spacial score (nSPS) is 20.0. The number of para-hydroxylation sites is 1. The molecule has 0 aliphatic carbocycles. The van der Waals surface area contributed by atoms with Crippen LogP contribution < -0.4 is 15.1 Å². The molecule has 27 heavy (non-hydrogen) atoms. The van der Waals surface area contributed by atoms with Crippen LogP contribution in [0.1, 0.15) is 6.42 Å². The first-order valence-corrected chi connectivity index (χ1v) is 9.63. The molecule has 0 bridgehead atoms. The van der Waals surface area contributed by atoms with Gasteiger partial charge in [0.05, 0.1) is 6.20 Å². The number of nitrogens with zero attached hydrogens (tertiary/aromatic N) is 5. The number of nitrogens with one attached hydrogen (secondary N) is 1. The molecule has 7 nitrogen and oxygen atoms in total. The van der Waals surface area contributed by atoms with Crippen LogP contribution in [0.15, 0.2) is 48.9 Å². The molecule has 142 valence electrons. The van der Waals surface area contributed by atoms with Crippen molar-refractivity contribution in [3.8, 4) is 0 Å². The number of benzene rings is 1. The number of aromatic nitrogens is 2. The highest BCUT2D eigenvalue weighted by atomic mass is 16.2. The van der Waals surface area contributed by atoms with Gasteiger partial charge in [-0.3, -0.25) is 4.98 Å². The zero-order chi connectivity index (χ0) is 18.5. The number of piperazine rings is 1. The summed E-state index contributed by atoms with van der Waals surface area (Å²) in [5.41, 5.74) is 1.27. The van der Waals surface area contributed by atoms with E-state index in [1.807, 2.05) is 11.0 Å². The van der Waals surface area contributed by atoms with Crippen molar-refractivity contribution in [2.75, 3.05) is 55.6 Å². The van der Waals surface area contributed by atoms with Crippen LogP contribution >= 0.6 is 0 Å². The van der Waals surface area contributed by atoms with Crippen molar-refractivity contribution >= 4 is 17.5 Å². The molecule has 3 heterocycles. The van der Waals surface area contributed by atoms with Crippen molar-refractivity contribution in [3.05, 3.63) is 48.9 Å². The maximum Gasteiger partial charge on any atom is 0.317 e. The van der Waals surface area contributed by atoms with Crippen molar-refractivity contribution in [2.24, 2.45) is 5.92 Å². The predicted molar refractivity (Wildman–Crippen MR) is 106 cm³/mol. The van der Waals surface area contributed by atoms with E-state index in [9.17, 15) is 4.79 Å². The van der Waals surface area contributed by atoms with Gasteiger partial charge in [0.1, 0.15) is 5.82 Å². The van der Waals surface area contributed by atoms with Gasteiger partial charge in [0, 0.05) is 63.9 Å². The van der Waals surface area contributed by atoms with Crippen LogP contribution in [0.4, 0.5) is 16.3 Å². The van der Waals surface area contributed by atoms with Crippen LogP contribution in [0, 0.1) is 5.92 Å². The third-order valence-corrected chi connectivity index (χ3v) is 5.39. The lowest BCUT2D eigenvalue weighted by Crippen LogP contribution is -2.52. The fourth-order valence-electron chi connectivity index (χ4n) is 3.81. The molecule has 2 aliphatic rings. The summed E-state index contributed by atoms with van der Waals surface area (Å²) in [6.07, 6.45) is 6.27. The van der Waals surface area contributed by atoms with Crippen LogP contribution in [0.3, 0.4) is 0 Å². The molecular formula is C20H26N6O. The van der Waals surface area contributed by atoms with E-state index in [0.29, 0.717) is 19.0 Å². The molecular weight excluding hydrogens is 340 g/mol. The number of urea groups is 1. The summed E-state index contributed by atoms with van der Waals surface area (Å²) in [5, 5.41) is 3.13. The summed E-state index contributed by atoms with van der Waals surface area (Å²) in [7, 11) is 0. The Labute approximate surface area is 160 Å². The maximum atomic E-state index is 12.5. The number of hydrogen-bond donors (Lipinski definition) is 1. The molecule has 2 aliphatic heterocycles. The SMILES string of the molecule is O=C(NCC1CCN(c2ccccc2)C1)N1CCN(c2cnccn2)CC1. The molecule has 1 atom stereocenters. The first-order valence-electron chi connectivity index (χ1n) is 9.63. The van der Waals surface area contributed by atoms with E-state index in [2.05, 4.69) is 49.4 Å². The fourth-order valence-corrected chi connectivity index (χ4v) is 3.81. The van der Waals surface area contributed by atoms with E-state index >= 15 is 0 Å². The van der Waals surface area contributed by atoms with Crippen LogP contribution in [0.5, 0.6) is 0 Å². The molecule has 1 N–H and O–H groups in total. The summed E-state index contributed by atoms with van der Waals surface area (Å²) < 4.78 is 0. The van der Waals surface area contributed by atoms with Gasteiger partial charge in [0.2, 0.25) is 0 Å². The molecule has 0 radical (unpaired) electrons. The average molecular weight is 366 g/mol. The first kappa shape index (κ1) is 17.6. The van der Waals surface area contributed by atoms with E-state index < -0.39 is 0 Å². The predicted octanol–water partition coefficient (Wildman–Crippen LogP) is 1.83. The quantitative estimate of drug-likeness (QED) is 0.894. The van der Waals surface area contributed by atoms with Gasteiger partial charge in [0.15, 0.2) is 0 Å². The Bertz CT molecular complexity index is 733. The second-order valence-corrected chi connectivity index (χ2v) is 7.16. The molecule has 0 saturated carbocycles. The Balaban J connectivity index is 1.20. The van der Waals surface area contributed by atoms with E-state index in [4.69, 9.17) is 0 Å². The standard InChI is InChI=1S/C20H26N6O/c27-20(25-12-10-24(11-13-25)19-15-21-7-8-22-19)23-14-17-6-9-26(16-17)18-4-2-1-3-5-18/h1-5,7-8,15,17H,6,9-14,16H2,(H,23,27). The monoisotopic (exact) mass is 366 g/mol. The van der Waals surface area contributed by atoms with Gasteiger partial charge < -0.3 is 20.0 Å². The van der Waals surface area contributed by atoms with Crippen molar-refractivity contribution in [1.82, 2.24) is 20.2 Å². The van der Waals surface area contributed by atoms with Gasteiger partial charge in [-0.05, 0) is 24.5 Å². The number of hydrogen-bond acceptors (Lipinski definition) is 5. The molecule has 2 amide bonds. The minimum atomic E-state index is 0.0481. The number of rotatable bonds is 4. The molecule has 7 heteroatoms. The number of carbonyl (C=O) groups excluding carboxylic acids is 1. The summed E-state index contributed by atoms with van der Waals surface area (Å²) in [6, 6.07) is 10.5. The molecule has 2 saturated heterocycles. The Morgan fingerprint density at radius 3 is 2.59 bits per heavy atom. The van der Waals surface area contributed by atoms with Crippen molar-refractivity contribution in [2.45, 2.75) is 6.42 Å². The van der Waals surface area contributed by atoms with Gasteiger partial charge in [-0.25, -0.2) is 9.78 Å². The summed E-state index contributed by atoms with van der Waals surface area (Å²) in [4.78, 5) is 27.4. The maximum absolute atomic E-state index is 12.5. The summed E-state index contributed by atoms with van der Waals surface area (Å²) in [5.74, 6) is 1.39. The third-order valence-electron chi connectivity index (χ3n) is 5.39. The van der Waals surface area contributed by atoms with Crippen LogP contribution in [-0.4, -0.2) is 66.7 Å². The number of carbonyl (C=O) groups is 1. The topological polar surface area (TPSA) is 64.6 Å². The Kier molecular flexibility index (Phi) is 5.37. The van der Waals surface area contributed by atoms with Gasteiger partial charge in [0.25, 0.3) is 0 Å². The molecule has 2 fully saturated rings. The van der Waals surface area contributed by atoms with Gasteiger partial charge >= 0.3 is 6.03 Å². The average Bonchev–Trinajstić information content (AvgIpc) is 3.22. The lowest BCUT2D eigenvalue weighted by molar-refractivity contribution is 0.192. The number of amides is 2. The van der Waals surface area contributed by atoms with Crippen molar-refractivity contribution in [3.63, 3.8) is 0 Å². The largest absolute Gasteiger partial charge is 0.371 e. The highest BCUT2D eigenvalue weighted by Gasteiger charge is 2.25. The number of anilines is 2. The third kappa shape index (κ3) is 4.30. The first-order chi connectivity index (χ1) is 13.3. The van der Waals surface area contributed by atoms with E-state index in [0.717, 1.165) is 45.0 Å². The molecule has 1 aromatic carbocycles. The Morgan fingerprint density at radius 2 is 1.85 bits per heavy atom. The highest BCUT2D eigenvalue weighted by molar-refractivity contribution is 5.74. The second kappa shape index (κ2) is 8.24. The van der Waals surface area contributed by atoms with Crippen LogP contribution in [0.25, 0.3) is 0 Å². The van der Waals surface area contributed by atoms with E-state index in [1.165, 1.54) is 5.69 Å². The second-order valence-electron chi connectivity index (χ2n) is 7.16. The Morgan fingerprint density at radius 1 is 1.04 bits per heavy atom. The minimum Gasteiger partial charge on any atom is -0.371 e. The fraction of sp³-hybridized carbons (Fsp3) is 0.450. The van der Waals surface area contributed by atoms with Crippen LogP contribution in [0.2, 0.25) is 0 Å². The minimum absolute atomic E-state index is 0.0481. The zero-order valence-electron chi connectivity index (χ0n) is 15.5. The lowest BCUT2D eigenvalue weighted by atomic mass is 10.1. The lowest BCUT2D eigenvalue weighted by Gasteiger charge is -2.35.